The van der Waals surface area contributed by atoms with Crippen LogP contribution in [0.4, 0.5) is 5.69 Å². The van der Waals surface area contributed by atoms with Crippen molar-refractivity contribution in [1.82, 2.24) is 0 Å². The highest BCUT2D eigenvalue weighted by Gasteiger charge is 2.35. The number of piperidine rings is 1. The first kappa shape index (κ1) is 15.4. The van der Waals surface area contributed by atoms with E-state index in [4.69, 9.17) is 0 Å². The molecule has 2 nitrogen and oxygen atoms in total. The Balaban J connectivity index is 1.69. The van der Waals surface area contributed by atoms with Gasteiger partial charge in [-0.25, -0.2) is 0 Å². The first-order valence-corrected chi connectivity index (χ1v) is 9.11. The summed E-state index contributed by atoms with van der Waals surface area (Å²) >= 11 is 3.69. The van der Waals surface area contributed by atoms with Gasteiger partial charge >= 0.3 is 0 Å². The van der Waals surface area contributed by atoms with Crippen LogP contribution in [-0.4, -0.2) is 18.2 Å². The lowest BCUT2D eigenvalue weighted by Crippen LogP contribution is -2.41. The molecule has 2 fully saturated rings. The Morgan fingerprint density at radius 3 is 2.33 bits per heavy atom. The van der Waals surface area contributed by atoms with Gasteiger partial charge in [0, 0.05) is 17.6 Å². The van der Waals surface area contributed by atoms with Gasteiger partial charge < -0.3 is 10.0 Å². The quantitative estimate of drug-likeness (QED) is 0.805. The highest BCUT2D eigenvalue weighted by Crippen LogP contribution is 2.45. The summed E-state index contributed by atoms with van der Waals surface area (Å²) in [5.74, 6) is 0. The average Bonchev–Trinajstić information content (AvgIpc) is 2.49. The highest BCUT2D eigenvalue weighted by molar-refractivity contribution is 9.10. The van der Waals surface area contributed by atoms with Crippen LogP contribution in [0.25, 0.3) is 0 Å². The molecule has 1 saturated heterocycles. The Kier molecular flexibility index (Phi) is 4.60. The molecule has 0 unspecified atom stereocenters. The molecular weight excluding hydrogens is 326 g/mol. The molecule has 0 radical (unpaired) electrons. The monoisotopic (exact) mass is 351 g/mol. The van der Waals surface area contributed by atoms with Gasteiger partial charge in [-0.15, -0.1) is 0 Å². The molecule has 1 aliphatic carbocycles. The molecule has 1 atom stereocenters. The van der Waals surface area contributed by atoms with E-state index in [0.717, 1.165) is 10.0 Å². The number of aliphatic hydroxyl groups is 1. The fourth-order valence-electron chi connectivity index (χ4n) is 4.06. The molecule has 1 spiro atoms. The van der Waals surface area contributed by atoms with E-state index in [1.807, 2.05) is 6.92 Å². The zero-order valence-corrected chi connectivity index (χ0v) is 14.5. The molecule has 0 amide bonds. The Hall–Kier alpha value is -0.540. The van der Waals surface area contributed by atoms with Gasteiger partial charge in [-0.05, 0) is 71.6 Å². The fourth-order valence-corrected chi connectivity index (χ4v) is 4.71. The molecule has 3 rings (SSSR count). The third kappa shape index (κ3) is 3.29. The second-order valence-electron chi connectivity index (χ2n) is 6.93. The maximum Gasteiger partial charge on any atom is 0.0762 e. The molecule has 2 aliphatic rings. The number of rotatable bonds is 2. The largest absolute Gasteiger partial charge is 0.389 e. The molecule has 1 aromatic rings. The van der Waals surface area contributed by atoms with Crippen molar-refractivity contribution in [2.45, 2.75) is 58.0 Å². The standard InChI is InChI=1S/C18H26BrNO/c1-14(21)15-5-6-17(16(19)13-15)20-11-9-18(10-12-20)7-3-2-4-8-18/h5-6,13-14,21H,2-4,7-12H2,1H3/t14-/m0/s1. The molecule has 1 heterocycles. The number of hydrogen-bond donors (Lipinski definition) is 1. The van der Waals surface area contributed by atoms with E-state index in [0.29, 0.717) is 5.41 Å². The third-order valence-electron chi connectivity index (χ3n) is 5.53. The molecule has 0 aromatic heterocycles. The predicted molar refractivity (Wildman–Crippen MR) is 91.7 cm³/mol. The number of nitrogens with zero attached hydrogens (tertiary/aromatic N) is 1. The van der Waals surface area contributed by atoms with Crippen LogP contribution >= 0.6 is 15.9 Å². The van der Waals surface area contributed by atoms with Crippen molar-refractivity contribution in [1.29, 1.82) is 0 Å². The summed E-state index contributed by atoms with van der Waals surface area (Å²) in [5.41, 5.74) is 2.91. The van der Waals surface area contributed by atoms with Crippen LogP contribution in [0.5, 0.6) is 0 Å². The van der Waals surface area contributed by atoms with Crippen molar-refractivity contribution in [2.24, 2.45) is 5.41 Å². The Morgan fingerprint density at radius 2 is 1.76 bits per heavy atom. The topological polar surface area (TPSA) is 23.5 Å². The molecular formula is C18H26BrNO. The summed E-state index contributed by atoms with van der Waals surface area (Å²) in [5, 5.41) is 9.68. The van der Waals surface area contributed by atoms with E-state index < -0.39 is 6.10 Å². The number of halogens is 1. The van der Waals surface area contributed by atoms with Crippen LogP contribution < -0.4 is 4.90 Å². The van der Waals surface area contributed by atoms with Gasteiger partial charge in [0.2, 0.25) is 0 Å². The molecule has 1 aromatic carbocycles. The summed E-state index contributed by atoms with van der Waals surface area (Å²) in [6, 6.07) is 6.27. The van der Waals surface area contributed by atoms with Gasteiger partial charge in [0.1, 0.15) is 0 Å². The van der Waals surface area contributed by atoms with E-state index in [2.05, 4.69) is 39.0 Å². The zero-order chi connectivity index (χ0) is 14.9. The minimum Gasteiger partial charge on any atom is -0.389 e. The van der Waals surface area contributed by atoms with Crippen molar-refractivity contribution in [3.8, 4) is 0 Å². The van der Waals surface area contributed by atoms with Crippen molar-refractivity contribution in [3.63, 3.8) is 0 Å². The lowest BCUT2D eigenvalue weighted by atomic mass is 9.68. The number of anilines is 1. The lowest BCUT2D eigenvalue weighted by Gasteiger charge is -2.45. The van der Waals surface area contributed by atoms with Crippen molar-refractivity contribution in [3.05, 3.63) is 28.2 Å². The van der Waals surface area contributed by atoms with Crippen LogP contribution in [0.2, 0.25) is 0 Å². The number of benzene rings is 1. The molecule has 1 saturated carbocycles. The second-order valence-corrected chi connectivity index (χ2v) is 7.79. The van der Waals surface area contributed by atoms with E-state index >= 15 is 0 Å². The van der Waals surface area contributed by atoms with Crippen molar-refractivity contribution < 1.29 is 5.11 Å². The highest BCUT2D eigenvalue weighted by atomic mass is 79.9. The summed E-state index contributed by atoms with van der Waals surface area (Å²) < 4.78 is 1.11. The smallest absolute Gasteiger partial charge is 0.0762 e. The van der Waals surface area contributed by atoms with Gasteiger partial charge in [-0.3, -0.25) is 0 Å². The van der Waals surface area contributed by atoms with Gasteiger partial charge in [-0.2, -0.15) is 0 Å². The van der Waals surface area contributed by atoms with E-state index in [1.54, 1.807) is 0 Å². The molecule has 116 valence electrons. The number of aliphatic hydroxyl groups excluding tert-OH is 1. The van der Waals surface area contributed by atoms with Gasteiger partial charge in [-0.1, -0.05) is 25.3 Å². The molecule has 1 aliphatic heterocycles. The lowest BCUT2D eigenvalue weighted by molar-refractivity contribution is 0.144. The molecule has 0 bridgehead atoms. The van der Waals surface area contributed by atoms with Crippen LogP contribution in [-0.2, 0) is 0 Å². The Morgan fingerprint density at radius 1 is 1.10 bits per heavy atom. The minimum absolute atomic E-state index is 0.401. The Bertz CT molecular complexity index is 484. The predicted octanol–water partition coefficient (Wildman–Crippen LogP) is 5.05. The summed E-state index contributed by atoms with van der Waals surface area (Å²) in [7, 11) is 0. The van der Waals surface area contributed by atoms with Gasteiger partial charge in [0.25, 0.3) is 0 Å². The normalized spacial score (nSPS) is 23.3. The SMILES string of the molecule is C[C@H](O)c1ccc(N2CCC3(CCCCC3)CC2)c(Br)c1. The van der Waals surface area contributed by atoms with Crippen molar-refractivity contribution in [2.75, 3.05) is 18.0 Å². The van der Waals surface area contributed by atoms with Gasteiger partial charge in [0.15, 0.2) is 0 Å². The molecule has 21 heavy (non-hydrogen) atoms. The van der Waals surface area contributed by atoms with E-state index in [1.165, 1.54) is 63.7 Å². The van der Waals surface area contributed by atoms with Crippen molar-refractivity contribution >= 4 is 21.6 Å². The average molecular weight is 352 g/mol. The first-order chi connectivity index (χ1) is 10.1. The fraction of sp³-hybridized carbons (Fsp3) is 0.667. The number of hydrogen-bond acceptors (Lipinski definition) is 2. The van der Waals surface area contributed by atoms with Crippen LogP contribution in [0.3, 0.4) is 0 Å². The first-order valence-electron chi connectivity index (χ1n) is 8.32. The molecule has 3 heteroatoms. The van der Waals surface area contributed by atoms with E-state index in [9.17, 15) is 5.11 Å². The second kappa shape index (κ2) is 6.29. The summed E-state index contributed by atoms with van der Waals surface area (Å²) in [6.07, 6.45) is 9.50. The zero-order valence-electron chi connectivity index (χ0n) is 12.9. The van der Waals surface area contributed by atoms with E-state index in [-0.39, 0.29) is 0 Å². The van der Waals surface area contributed by atoms with Crippen LogP contribution in [0.1, 0.15) is 63.5 Å². The minimum atomic E-state index is -0.401. The van der Waals surface area contributed by atoms with Crippen LogP contribution in [0, 0.1) is 5.41 Å². The maximum absolute atomic E-state index is 9.68. The summed E-state index contributed by atoms with van der Waals surface area (Å²) in [6.45, 7) is 4.16. The van der Waals surface area contributed by atoms with Gasteiger partial charge in [0.05, 0.1) is 11.8 Å². The van der Waals surface area contributed by atoms with Crippen LogP contribution in [0.15, 0.2) is 22.7 Å². The molecule has 1 N–H and O–H groups in total. The third-order valence-corrected chi connectivity index (χ3v) is 6.17. The Labute approximate surface area is 136 Å². The summed E-state index contributed by atoms with van der Waals surface area (Å²) in [4.78, 5) is 2.51. The maximum atomic E-state index is 9.68.